The monoisotopic (exact) mass is 686 g/mol. The van der Waals surface area contributed by atoms with E-state index in [1.165, 1.54) is 7.11 Å². The number of phenols is 4. The Balaban J connectivity index is 1.28. The van der Waals surface area contributed by atoms with Gasteiger partial charge in [-0.1, -0.05) is 48.5 Å². The topological polar surface area (TPSA) is 135 Å². The van der Waals surface area contributed by atoms with E-state index in [1.807, 2.05) is 36.4 Å². The fourth-order valence-electron chi connectivity index (χ4n) is 7.95. The average molecular weight is 687 g/mol. The second-order valence-corrected chi connectivity index (χ2v) is 13.5. The van der Waals surface area contributed by atoms with Crippen molar-refractivity contribution in [3.8, 4) is 40.2 Å². The van der Waals surface area contributed by atoms with Gasteiger partial charge in [0.1, 0.15) is 58.0 Å². The number of aryl methyl sites for hydroxylation is 1. The summed E-state index contributed by atoms with van der Waals surface area (Å²) < 4.78 is 26.6. The van der Waals surface area contributed by atoms with E-state index in [9.17, 15) is 25.2 Å². The van der Waals surface area contributed by atoms with Gasteiger partial charge in [-0.05, 0) is 90.0 Å². The first-order valence-corrected chi connectivity index (χ1v) is 17.2. The molecule has 0 saturated carbocycles. The van der Waals surface area contributed by atoms with Crippen molar-refractivity contribution >= 4 is 5.78 Å². The highest BCUT2D eigenvalue weighted by Gasteiger charge is 2.52. The largest absolute Gasteiger partial charge is 0.508 e. The van der Waals surface area contributed by atoms with Crippen LogP contribution in [0.3, 0.4) is 0 Å². The number of carbonyl (C=O) groups is 1. The van der Waals surface area contributed by atoms with Gasteiger partial charge in [0.15, 0.2) is 5.78 Å². The van der Waals surface area contributed by atoms with Crippen molar-refractivity contribution in [2.75, 3.05) is 7.11 Å². The minimum absolute atomic E-state index is 0.104. The second-order valence-electron chi connectivity index (χ2n) is 13.5. The molecule has 0 unspecified atom stereocenters. The zero-order valence-electron chi connectivity index (χ0n) is 27.9. The van der Waals surface area contributed by atoms with Crippen LogP contribution in [0.1, 0.15) is 81.7 Å². The number of carbonyl (C=O) groups excluding carboxylic acids is 1. The van der Waals surface area contributed by atoms with Gasteiger partial charge in [0, 0.05) is 23.5 Å². The Morgan fingerprint density at radius 1 is 0.706 bits per heavy atom. The van der Waals surface area contributed by atoms with Crippen molar-refractivity contribution in [1.29, 1.82) is 0 Å². The van der Waals surface area contributed by atoms with Gasteiger partial charge in [-0.3, -0.25) is 4.79 Å². The number of hydrogen-bond donors (Lipinski definition) is 4. The van der Waals surface area contributed by atoms with Crippen molar-refractivity contribution < 1.29 is 44.2 Å². The maximum absolute atomic E-state index is 14.0. The van der Waals surface area contributed by atoms with Crippen LogP contribution in [0, 0.1) is 5.92 Å². The molecule has 6 atom stereocenters. The molecule has 8 rings (SSSR count). The number of benzene rings is 5. The predicted octanol–water partition coefficient (Wildman–Crippen LogP) is 8.22. The third-order valence-corrected chi connectivity index (χ3v) is 10.4. The Kier molecular flexibility index (Phi) is 8.44. The lowest BCUT2D eigenvalue weighted by Gasteiger charge is -2.50. The number of rotatable bonds is 7. The van der Waals surface area contributed by atoms with Crippen LogP contribution in [0.2, 0.25) is 0 Å². The van der Waals surface area contributed by atoms with Crippen LogP contribution < -0.4 is 14.2 Å². The van der Waals surface area contributed by atoms with Crippen molar-refractivity contribution in [1.82, 2.24) is 0 Å². The lowest BCUT2D eigenvalue weighted by Crippen LogP contribution is -2.43. The third kappa shape index (κ3) is 6.18. The fourth-order valence-corrected chi connectivity index (χ4v) is 7.95. The molecule has 51 heavy (non-hydrogen) atoms. The number of phenolic OH excluding ortho intramolecular Hbond substituents is 4. The highest BCUT2D eigenvalue weighted by molar-refractivity contribution is 6.03. The molecule has 5 aromatic rings. The van der Waals surface area contributed by atoms with E-state index < -0.39 is 18.3 Å². The summed E-state index contributed by atoms with van der Waals surface area (Å²) in [4.78, 5) is 14.0. The molecule has 0 amide bonds. The molecule has 0 aliphatic carbocycles. The minimum atomic E-state index is -0.590. The number of ketones is 1. The highest BCUT2D eigenvalue weighted by atomic mass is 16.5. The Bertz CT molecular complexity index is 2040. The van der Waals surface area contributed by atoms with Gasteiger partial charge in [-0.15, -0.1) is 0 Å². The van der Waals surface area contributed by atoms with Gasteiger partial charge < -0.3 is 39.4 Å². The van der Waals surface area contributed by atoms with Crippen LogP contribution in [-0.4, -0.2) is 39.4 Å². The zero-order valence-corrected chi connectivity index (χ0v) is 27.9. The van der Waals surface area contributed by atoms with E-state index in [1.54, 1.807) is 66.7 Å². The first-order valence-electron chi connectivity index (χ1n) is 17.2. The Morgan fingerprint density at radius 3 is 1.84 bits per heavy atom. The summed E-state index contributed by atoms with van der Waals surface area (Å²) in [5.74, 6) is 1.33. The normalized spacial score (nSPS) is 23.6. The van der Waals surface area contributed by atoms with E-state index in [0.717, 1.165) is 27.8 Å². The molecule has 3 aliphatic heterocycles. The van der Waals surface area contributed by atoms with Crippen molar-refractivity contribution in [2.45, 2.75) is 56.0 Å². The SMILES string of the molecule is COc1cc2c(c3c1C(=O)C[C@H](c1ccc(O)cc1)O3)[C@H]1C[C@@H](CCc3ccc(O)cc3)O[C@H](c3ccc(O)cc3)[C@H]1[C@H](c1ccc(O)cc1)O2. The maximum Gasteiger partial charge on any atom is 0.174 e. The molecule has 3 heterocycles. The van der Waals surface area contributed by atoms with Crippen molar-refractivity contribution in [3.05, 3.63) is 137 Å². The fraction of sp³-hybridized carbons (Fsp3) is 0.262. The molecule has 9 heteroatoms. The molecule has 5 aromatic carbocycles. The van der Waals surface area contributed by atoms with Crippen molar-refractivity contribution in [2.24, 2.45) is 5.92 Å². The number of methoxy groups -OCH3 is 1. The first kappa shape index (κ1) is 32.5. The molecule has 0 spiro atoms. The highest BCUT2D eigenvalue weighted by Crippen LogP contribution is 2.61. The van der Waals surface area contributed by atoms with E-state index in [0.29, 0.717) is 42.1 Å². The van der Waals surface area contributed by atoms with Crippen LogP contribution >= 0.6 is 0 Å². The molecule has 3 aliphatic rings. The van der Waals surface area contributed by atoms with Gasteiger partial charge >= 0.3 is 0 Å². The van der Waals surface area contributed by atoms with Gasteiger partial charge in [0.05, 0.1) is 25.7 Å². The number of hydrogen-bond acceptors (Lipinski definition) is 9. The van der Waals surface area contributed by atoms with Crippen LogP contribution in [0.5, 0.6) is 40.2 Å². The predicted molar refractivity (Wildman–Crippen MR) is 188 cm³/mol. The number of ether oxygens (including phenoxy) is 4. The summed E-state index contributed by atoms with van der Waals surface area (Å²) >= 11 is 0. The molecule has 9 nitrogen and oxygen atoms in total. The second kappa shape index (κ2) is 13.2. The molecule has 1 saturated heterocycles. The van der Waals surface area contributed by atoms with Gasteiger partial charge in [0.25, 0.3) is 0 Å². The molecule has 4 N–H and O–H groups in total. The van der Waals surface area contributed by atoms with E-state index in [4.69, 9.17) is 18.9 Å². The molecular formula is C42H38O9. The van der Waals surface area contributed by atoms with Crippen LogP contribution in [0.4, 0.5) is 0 Å². The van der Waals surface area contributed by atoms with Crippen LogP contribution in [-0.2, 0) is 11.2 Å². The third-order valence-electron chi connectivity index (χ3n) is 10.4. The maximum atomic E-state index is 14.0. The zero-order chi connectivity index (χ0) is 35.2. The van der Waals surface area contributed by atoms with E-state index in [-0.39, 0.29) is 53.1 Å². The molecule has 1 fully saturated rings. The lowest BCUT2D eigenvalue weighted by atomic mass is 9.68. The van der Waals surface area contributed by atoms with Crippen LogP contribution in [0.25, 0.3) is 0 Å². The van der Waals surface area contributed by atoms with Gasteiger partial charge in [0.2, 0.25) is 0 Å². The summed E-state index contributed by atoms with van der Waals surface area (Å²) in [7, 11) is 1.53. The summed E-state index contributed by atoms with van der Waals surface area (Å²) in [5.41, 5.74) is 4.71. The number of aromatic hydroxyl groups is 4. The quantitative estimate of drug-likeness (QED) is 0.134. The summed E-state index contributed by atoms with van der Waals surface area (Å²) in [6, 6.07) is 29.7. The molecule has 0 aromatic heterocycles. The number of Topliss-reactive ketones (excluding diaryl/α,β-unsaturated/α-hetero) is 1. The van der Waals surface area contributed by atoms with Gasteiger partial charge in [-0.2, -0.15) is 0 Å². The lowest BCUT2D eigenvalue weighted by molar-refractivity contribution is -0.134. The standard InChI is InChI=1S/C42H38O9/c1-48-35-22-36-37(42-39(35)33(47)21-34(50-42)24-5-13-28(44)14-6-24)32-20-31(19-4-23-2-11-27(43)12-3-23)49-40(25-7-15-29(45)16-8-25)38(32)41(51-36)26-9-17-30(46)18-10-26/h2-3,5-18,22,31-32,34,38,40-41,43-46H,4,19-21H2,1H3/t31-,32-,34-,38+,40-,41+/m1/s1. The number of fused-ring (bicyclic) bond motifs is 5. The van der Waals surface area contributed by atoms with E-state index >= 15 is 0 Å². The summed E-state index contributed by atoms with van der Waals surface area (Å²) in [5, 5.41) is 40.2. The first-order chi connectivity index (χ1) is 24.7. The smallest absolute Gasteiger partial charge is 0.174 e. The summed E-state index contributed by atoms with van der Waals surface area (Å²) in [6.45, 7) is 0. The minimum Gasteiger partial charge on any atom is -0.508 e. The van der Waals surface area contributed by atoms with Crippen molar-refractivity contribution in [3.63, 3.8) is 0 Å². The van der Waals surface area contributed by atoms with Gasteiger partial charge in [-0.25, -0.2) is 0 Å². The molecular weight excluding hydrogens is 648 g/mol. The molecule has 260 valence electrons. The molecule has 0 radical (unpaired) electrons. The Morgan fingerprint density at radius 2 is 1.25 bits per heavy atom. The average Bonchev–Trinajstić information content (AvgIpc) is 3.14. The Hall–Kier alpha value is -5.67. The van der Waals surface area contributed by atoms with Crippen LogP contribution in [0.15, 0.2) is 103 Å². The van der Waals surface area contributed by atoms with E-state index in [2.05, 4.69) is 0 Å². The summed E-state index contributed by atoms with van der Waals surface area (Å²) in [6.07, 6.45) is 0.309. The Labute approximate surface area is 295 Å². The molecule has 0 bridgehead atoms.